The largest absolute Gasteiger partial charge is 0.455 e. The number of benzene rings is 4. The SMILES string of the molecule is CCCCc1cnc(-c2ccc(C)c3c2oc2ccccc23)cc1-c1cccc2c1oc1ccccc12. The Kier molecular flexibility index (Phi) is 5.10. The Labute approximate surface area is 215 Å². The summed E-state index contributed by atoms with van der Waals surface area (Å²) in [5.41, 5.74) is 10.3. The molecule has 180 valence electrons. The minimum Gasteiger partial charge on any atom is -0.455 e. The van der Waals surface area contributed by atoms with Gasteiger partial charge in [0.25, 0.3) is 0 Å². The Bertz CT molecular complexity index is 1940. The monoisotopic (exact) mass is 481 g/mol. The van der Waals surface area contributed by atoms with E-state index >= 15 is 0 Å². The number of aromatic nitrogens is 1. The van der Waals surface area contributed by atoms with Gasteiger partial charge in [0, 0.05) is 38.9 Å². The fraction of sp³-hybridized carbons (Fsp3) is 0.147. The minimum atomic E-state index is 0.892. The summed E-state index contributed by atoms with van der Waals surface area (Å²) in [5, 5.41) is 4.59. The summed E-state index contributed by atoms with van der Waals surface area (Å²) in [6.45, 7) is 4.37. The van der Waals surface area contributed by atoms with Crippen molar-refractivity contribution < 1.29 is 8.83 Å². The molecule has 0 aliphatic carbocycles. The van der Waals surface area contributed by atoms with Crippen molar-refractivity contribution in [2.24, 2.45) is 0 Å². The predicted octanol–water partition coefficient (Wildman–Crippen LogP) is 9.87. The van der Waals surface area contributed by atoms with E-state index in [9.17, 15) is 0 Å². The van der Waals surface area contributed by atoms with Gasteiger partial charge in [-0.3, -0.25) is 4.98 Å². The van der Waals surface area contributed by atoms with Crippen molar-refractivity contribution in [1.29, 1.82) is 0 Å². The molecule has 0 atom stereocenters. The number of hydrogen-bond donors (Lipinski definition) is 0. The number of pyridine rings is 1. The Morgan fingerprint density at radius 1 is 0.676 bits per heavy atom. The van der Waals surface area contributed by atoms with Crippen LogP contribution in [0.25, 0.3) is 66.3 Å². The fourth-order valence-electron chi connectivity index (χ4n) is 5.60. The molecule has 0 radical (unpaired) electrons. The molecule has 0 fully saturated rings. The van der Waals surface area contributed by atoms with Crippen LogP contribution in [0.15, 0.2) is 100.0 Å². The third-order valence-corrected chi connectivity index (χ3v) is 7.49. The fourth-order valence-corrected chi connectivity index (χ4v) is 5.60. The van der Waals surface area contributed by atoms with E-state index in [0.29, 0.717) is 0 Å². The lowest BCUT2D eigenvalue weighted by Crippen LogP contribution is -1.95. The zero-order valence-corrected chi connectivity index (χ0v) is 21.0. The maximum absolute atomic E-state index is 6.43. The molecule has 3 heteroatoms. The second-order valence-electron chi connectivity index (χ2n) is 9.84. The lowest BCUT2D eigenvalue weighted by atomic mass is 9.94. The van der Waals surface area contributed by atoms with Crippen molar-refractivity contribution in [3.05, 3.63) is 102 Å². The number of nitrogens with zero attached hydrogens (tertiary/aromatic N) is 1. The van der Waals surface area contributed by atoms with E-state index in [1.807, 2.05) is 24.3 Å². The molecule has 0 saturated heterocycles. The van der Waals surface area contributed by atoms with Crippen LogP contribution in [0.5, 0.6) is 0 Å². The van der Waals surface area contributed by atoms with Crippen molar-refractivity contribution in [3.8, 4) is 22.4 Å². The van der Waals surface area contributed by atoms with E-state index in [1.54, 1.807) is 0 Å². The number of para-hydroxylation sites is 3. The van der Waals surface area contributed by atoms with Gasteiger partial charge in [-0.15, -0.1) is 0 Å². The molecule has 0 bridgehead atoms. The summed E-state index contributed by atoms with van der Waals surface area (Å²) < 4.78 is 12.8. The van der Waals surface area contributed by atoms with Crippen LogP contribution in [0, 0.1) is 6.92 Å². The first-order valence-electron chi connectivity index (χ1n) is 13.0. The highest BCUT2D eigenvalue weighted by atomic mass is 16.3. The van der Waals surface area contributed by atoms with Crippen LogP contribution in [0.1, 0.15) is 30.9 Å². The standard InChI is InChI=1S/C34H27NO2/c1-3-4-10-22-20-35-29(26-18-17-21(2)32-27-12-6-8-16-31(27)37-34(26)32)19-28(22)25-14-9-13-24-23-11-5-7-15-30(23)36-33(24)25/h5-9,11-20H,3-4,10H2,1-2H3. The molecule has 7 aromatic rings. The molecular formula is C34H27NO2. The number of rotatable bonds is 5. The van der Waals surface area contributed by atoms with Crippen LogP contribution < -0.4 is 0 Å². The lowest BCUT2D eigenvalue weighted by Gasteiger charge is -2.13. The number of unbranched alkanes of at least 4 members (excludes halogenated alkanes) is 1. The summed E-state index contributed by atoms with van der Waals surface area (Å²) in [5.74, 6) is 0. The molecule has 0 aliphatic heterocycles. The second kappa shape index (κ2) is 8.63. The van der Waals surface area contributed by atoms with Gasteiger partial charge in [0.2, 0.25) is 0 Å². The molecular weight excluding hydrogens is 454 g/mol. The second-order valence-corrected chi connectivity index (χ2v) is 9.84. The number of aryl methyl sites for hydroxylation is 2. The van der Waals surface area contributed by atoms with E-state index < -0.39 is 0 Å². The van der Waals surface area contributed by atoms with Gasteiger partial charge in [-0.1, -0.05) is 74.0 Å². The van der Waals surface area contributed by atoms with Crippen molar-refractivity contribution in [2.45, 2.75) is 33.1 Å². The highest BCUT2D eigenvalue weighted by molar-refractivity contribution is 6.12. The first-order chi connectivity index (χ1) is 18.2. The number of furan rings is 2. The first kappa shape index (κ1) is 21.9. The van der Waals surface area contributed by atoms with Crippen LogP contribution in [-0.4, -0.2) is 4.98 Å². The highest BCUT2D eigenvalue weighted by Gasteiger charge is 2.19. The summed E-state index contributed by atoms with van der Waals surface area (Å²) in [6, 6.07) is 29.5. The molecule has 0 N–H and O–H groups in total. The molecule has 37 heavy (non-hydrogen) atoms. The smallest absolute Gasteiger partial charge is 0.145 e. The maximum Gasteiger partial charge on any atom is 0.145 e. The normalized spacial score (nSPS) is 11.8. The third-order valence-electron chi connectivity index (χ3n) is 7.49. The average Bonchev–Trinajstić information content (AvgIpc) is 3.51. The molecule has 7 rings (SSSR count). The van der Waals surface area contributed by atoms with Gasteiger partial charge in [0.1, 0.15) is 22.3 Å². The zero-order valence-electron chi connectivity index (χ0n) is 21.0. The molecule has 0 saturated carbocycles. The Morgan fingerprint density at radius 3 is 2.24 bits per heavy atom. The molecule has 0 amide bonds. The van der Waals surface area contributed by atoms with E-state index in [4.69, 9.17) is 13.8 Å². The zero-order chi connectivity index (χ0) is 24.9. The summed E-state index contributed by atoms with van der Waals surface area (Å²) >= 11 is 0. The molecule has 0 spiro atoms. The summed E-state index contributed by atoms with van der Waals surface area (Å²) in [6.07, 6.45) is 5.27. The van der Waals surface area contributed by atoms with Gasteiger partial charge in [0.05, 0.1) is 5.69 Å². The van der Waals surface area contributed by atoms with E-state index in [2.05, 4.69) is 80.7 Å². The molecule has 0 aliphatic rings. The number of fused-ring (bicyclic) bond motifs is 6. The molecule has 3 heterocycles. The minimum absolute atomic E-state index is 0.892. The molecule has 3 nitrogen and oxygen atoms in total. The Morgan fingerprint density at radius 2 is 1.41 bits per heavy atom. The molecule has 3 aromatic heterocycles. The molecule has 4 aromatic carbocycles. The van der Waals surface area contributed by atoms with Crippen LogP contribution in [0.4, 0.5) is 0 Å². The summed E-state index contributed by atoms with van der Waals surface area (Å²) in [4.78, 5) is 4.97. The summed E-state index contributed by atoms with van der Waals surface area (Å²) in [7, 11) is 0. The van der Waals surface area contributed by atoms with Crippen molar-refractivity contribution in [2.75, 3.05) is 0 Å². The van der Waals surface area contributed by atoms with E-state index in [-0.39, 0.29) is 0 Å². The van der Waals surface area contributed by atoms with Crippen molar-refractivity contribution in [1.82, 2.24) is 4.98 Å². The maximum atomic E-state index is 6.43. The van der Waals surface area contributed by atoms with Gasteiger partial charge in [0.15, 0.2) is 0 Å². The van der Waals surface area contributed by atoms with Crippen molar-refractivity contribution >= 4 is 43.9 Å². The average molecular weight is 482 g/mol. The highest BCUT2D eigenvalue weighted by Crippen LogP contribution is 2.41. The molecule has 0 unspecified atom stereocenters. The van der Waals surface area contributed by atoms with Gasteiger partial charge >= 0.3 is 0 Å². The van der Waals surface area contributed by atoms with E-state index in [1.165, 1.54) is 16.7 Å². The van der Waals surface area contributed by atoms with E-state index in [0.717, 1.165) is 80.0 Å². The van der Waals surface area contributed by atoms with Crippen LogP contribution >= 0.6 is 0 Å². The topological polar surface area (TPSA) is 39.2 Å². The number of hydrogen-bond acceptors (Lipinski definition) is 3. The third kappa shape index (κ3) is 3.46. The first-order valence-corrected chi connectivity index (χ1v) is 13.0. The van der Waals surface area contributed by atoms with Crippen LogP contribution in [-0.2, 0) is 6.42 Å². The van der Waals surface area contributed by atoms with Gasteiger partial charge in [-0.05, 0) is 60.7 Å². The Balaban J connectivity index is 1.49. The van der Waals surface area contributed by atoms with Crippen LogP contribution in [0.3, 0.4) is 0 Å². The Hall–Kier alpha value is -4.37. The van der Waals surface area contributed by atoms with Gasteiger partial charge in [-0.2, -0.15) is 0 Å². The van der Waals surface area contributed by atoms with Crippen LogP contribution in [0.2, 0.25) is 0 Å². The quantitative estimate of drug-likeness (QED) is 0.245. The van der Waals surface area contributed by atoms with Gasteiger partial charge in [-0.25, -0.2) is 0 Å². The lowest BCUT2D eigenvalue weighted by molar-refractivity contribution is 0.669. The predicted molar refractivity (Wildman–Crippen MR) is 153 cm³/mol. The van der Waals surface area contributed by atoms with Crippen molar-refractivity contribution in [3.63, 3.8) is 0 Å². The van der Waals surface area contributed by atoms with Gasteiger partial charge < -0.3 is 8.83 Å².